The Labute approximate surface area is 170 Å². The van der Waals surface area contributed by atoms with Crippen molar-refractivity contribution < 1.29 is 9.53 Å². The Morgan fingerprint density at radius 3 is 2.83 bits per heavy atom. The lowest BCUT2D eigenvalue weighted by Gasteiger charge is -2.12. The smallest absolute Gasteiger partial charge is 0.251 e. The van der Waals surface area contributed by atoms with Crippen LogP contribution in [0.2, 0.25) is 0 Å². The molecule has 3 aromatic rings. The molecule has 1 atom stereocenters. The van der Waals surface area contributed by atoms with Gasteiger partial charge in [0.25, 0.3) is 5.91 Å². The van der Waals surface area contributed by atoms with Gasteiger partial charge in [0.15, 0.2) is 5.82 Å². The van der Waals surface area contributed by atoms with Crippen molar-refractivity contribution in [2.24, 2.45) is 0 Å². The second-order valence-corrected chi connectivity index (χ2v) is 7.18. The molecule has 1 fully saturated rings. The molecule has 1 unspecified atom stereocenters. The molecule has 148 valence electrons. The lowest BCUT2D eigenvalue weighted by Crippen LogP contribution is -2.31. The van der Waals surface area contributed by atoms with Crippen molar-refractivity contribution in [1.82, 2.24) is 15.3 Å². The molecule has 4 rings (SSSR count). The number of nitrogens with zero attached hydrogens (tertiary/aromatic N) is 2. The van der Waals surface area contributed by atoms with Gasteiger partial charge in [-0.3, -0.25) is 4.79 Å². The molecule has 1 saturated heterocycles. The summed E-state index contributed by atoms with van der Waals surface area (Å²) < 4.78 is 5.55. The molecule has 2 heterocycles. The lowest BCUT2D eigenvalue weighted by atomic mass is 10.1. The van der Waals surface area contributed by atoms with Crippen LogP contribution < -0.4 is 10.6 Å². The van der Waals surface area contributed by atoms with E-state index in [2.05, 4.69) is 20.6 Å². The van der Waals surface area contributed by atoms with Crippen LogP contribution in [0.1, 0.15) is 28.8 Å². The van der Waals surface area contributed by atoms with Crippen LogP contribution in [-0.4, -0.2) is 35.1 Å². The first kappa shape index (κ1) is 19.1. The van der Waals surface area contributed by atoms with Crippen LogP contribution in [0, 0.1) is 6.92 Å². The zero-order chi connectivity index (χ0) is 20.1. The van der Waals surface area contributed by atoms with Gasteiger partial charge in [-0.15, -0.1) is 0 Å². The number of carbonyl (C=O) groups is 1. The van der Waals surface area contributed by atoms with E-state index in [4.69, 9.17) is 4.74 Å². The maximum Gasteiger partial charge on any atom is 0.251 e. The van der Waals surface area contributed by atoms with E-state index in [1.54, 1.807) is 12.3 Å². The highest BCUT2D eigenvalue weighted by molar-refractivity contribution is 5.95. The maximum absolute atomic E-state index is 12.5. The Hall–Kier alpha value is -3.25. The summed E-state index contributed by atoms with van der Waals surface area (Å²) in [6.07, 6.45) is 3.91. The van der Waals surface area contributed by atoms with E-state index in [0.717, 1.165) is 30.7 Å². The van der Waals surface area contributed by atoms with Crippen LogP contribution in [0.4, 0.5) is 11.5 Å². The van der Waals surface area contributed by atoms with Gasteiger partial charge in [-0.25, -0.2) is 9.97 Å². The Kier molecular flexibility index (Phi) is 5.81. The van der Waals surface area contributed by atoms with Gasteiger partial charge < -0.3 is 15.4 Å². The summed E-state index contributed by atoms with van der Waals surface area (Å²) in [4.78, 5) is 21.4. The van der Waals surface area contributed by atoms with Crippen molar-refractivity contribution in [3.8, 4) is 11.4 Å². The quantitative estimate of drug-likeness (QED) is 0.665. The van der Waals surface area contributed by atoms with Crippen molar-refractivity contribution in [3.05, 3.63) is 71.9 Å². The fraction of sp³-hybridized carbons (Fsp3) is 0.261. The molecule has 0 aliphatic carbocycles. The molecule has 2 aromatic carbocycles. The van der Waals surface area contributed by atoms with E-state index in [0.29, 0.717) is 23.8 Å². The monoisotopic (exact) mass is 388 g/mol. The van der Waals surface area contributed by atoms with Gasteiger partial charge in [-0.05, 0) is 44.0 Å². The fourth-order valence-corrected chi connectivity index (χ4v) is 3.27. The molecule has 0 bridgehead atoms. The first-order chi connectivity index (χ1) is 14.2. The van der Waals surface area contributed by atoms with Crippen molar-refractivity contribution in [3.63, 3.8) is 0 Å². The number of aromatic nitrogens is 2. The molecule has 6 heteroatoms. The molecule has 1 aliphatic heterocycles. The van der Waals surface area contributed by atoms with E-state index < -0.39 is 0 Å². The van der Waals surface area contributed by atoms with Crippen molar-refractivity contribution in [2.45, 2.75) is 25.9 Å². The SMILES string of the molecule is Cc1ccc(-c2nccc(Nc3cccc(C(=O)NCC4CCCO4)c3)n2)cc1. The molecule has 2 N–H and O–H groups in total. The third kappa shape index (κ3) is 4.97. The normalized spacial score (nSPS) is 15.8. The number of benzene rings is 2. The van der Waals surface area contributed by atoms with Crippen LogP contribution in [0.3, 0.4) is 0 Å². The second-order valence-electron chi connectivity index (χ2n) is 7.18. The Morgan fingerprint density at radius 2 is 2.03 bits per heavy atom. The van der Waals surface area contributed by atoms with Crippen molar-refractivity contribution >= 4 is 17.4 Å². The predicted octanol–water partition coefficient (Wildman–Crippen LogP) is 4.10. The minimum absolute atomic E-state index is 0.104. The van der Waals surface area contributed by atoms with Crippen LogP contribution in [0.15, 0.2) is 60.8 Å². The average Bonchev–Trinajstić information content (AvgIpc) is 3.27. The largest absolute Gasteiger partial charge is 0.376 e. The molecule has 1 aliphatic rings. The van der Waals surface area contributed by atoms with Gasteiger partial charge in [0, 0.05) is 36.2 Å². The number of rotatable bonds is 6. The highest BCUT2D eigenvalue weighted by Gasteiger charge is 2.16. The third-order valence-corrected chi connectivity index (χ3v) is 4.88. The summed E-state index contributed by atoms with van der Waals surface area (Å²) in [6.45, 7) is 3.37. The highest BCUT2D eigenvalue weighted by atomic mass is 16.5. The Bertz CT molecular complexity index is 982. The van der Waals surface area contributed by atoms with Crippen molar-refractivity contribution in [1.29, 1.82) is 0 Å². The summed E-state index contributed by atoms with van der Waals surface area (Å²) in [6, 6.07) is 17.3. The van der Waals surface area contributed by atoms with Crippen LogP contribution in [-0.2, 0) is 4.74 Å². The first-order valence-corrected chi connectivity index (χ1v) is 9.84. The number of aryl methyl sites for hydroxylation is 1. The summed E-state index contributed by atoms with van der Waals surface area (Å²) in [5.74, 6) is 1.22. The summed E-state index contributed by atoms with van der Waals surface area (Å²) >= 11 is 0. The molecule has 29 heavy (non-hydrogen) atoms. The molecular formula is C23H24N4O2. The predicted molar refractivity (Wildman–Crippen MR) is 113 cm³/mol. The molecule has 1 aromatic heterocycles. The van der Waals surface area contributed by atoms with E-state index >= 15 is 0 Å². The minimum Gasteiger partial charge on any atom is -0.376 e. The van der Waals surface area contributed by atoms with Gasteiger partial charge in [0.2, 0.25) is 0 Å². The number of ether oxygens (including phenoxy) is 1. The number of hydrogen-bond donors (Lipinski definition) is 2. The Balaban J connectivity index is 1.44. The Morgan fingerprint density at radius 1 is 1.17 bits per heavy atom. The van der Waals surface area contributed by atoms with E-state index in [1.165, 1.54) is 5.56 Å². The molecule has 0 saturated carbocycles. The minimum atomic E-state index is -0.104. The van der Waals surface area contributed by atoms with E-state index in [-0.39, 0.29) is 12.0 Å². The molecule has 1 amide bonds. The van der Waals surface area contributed by atoms with Gasteiger partial charge in [-0.2, -0.15) is 0 Å². The van der Waals surface area contributed by atoms with Crippen LogP contribution in [0.5, 0.6) is 0 Å². The standard InChI is InChI=1S/C23H24N4O2/c1-16-7-9-17(10-8-16)22-24-12-11-21(27-22)26-19-5-2-4-18(14-19)23(28)25-15-20-6-3-13-29-20/h2,4-5,7-12,14,20H,3,6,13,15H2,1H3,(H,25,28)(H,24,26,27). The van der Waals surface area contributed by atoms with Crippen LogP contribution >= 0.6 is 0 Å². The molecule has 6 nitrogen and oxygen atoms in total. The first-order valence-electron chi connectivity index (χ1n) is 9.84. The van der Waals surface area contributed by atoms with Crippen molar-refractivity contribution in [2.75, 3.05) is 18.5 Å². The van der Waals surface area contributed by atoms with E-state index in [1.807, 2.05) is 55.5 Å². The number of hydrogen-bond acceptors (Lipinski definition) is 5. The van der Waals surface area contributed by atoms with Gasteiger partial charge in [0.05, 0.1) is 6.10 Å². The zero-order valence-electron chi connectivity index (χ0n) is 16.4. The number of carbonyl (C=O) groups excluding carboxylic acids is 1. The molecule has 0 radical (unpaired) electrons. The summed E-state index contributed by atoms with van der Waals surface area (Å²) in [5.41, 5.74) is 3.54. The number of anilines is 2. The second kappa shape index (κ2) is 8.84. The fourth-order valence-electron chi connectivity index (χ4n) is 3.27. The van der Waals surface area contributed by atoms with Gasteiger partial charge in [0.1, 0.15) is 5.82 Å². The number of nitrogens with one attached hydrogen (secondary N) is 2. The average molecular weight is 388 g/mol. The van der Waals surface area contributed by atoms with E-state index in [9.17, 15) is 4.79 Å². The van der Waals surface area contributed by atoms with Gasteiger partial charge >= 0.3 is 0 Å². The number of amides is 1. The lowest BCUT2D eigenvalue weighted by molar-refractivity contribution is 0.0858. The molecule has 0 spiro atoms. The summed E-state index contributed by atoms with van der Waals surface area (Å²) in [5, 5.41) is 6.21. The van der Waals surface area contributed by atoms with Crippen LogP contribution in [0.25, 0.3) is 11.4 Å². The summed E-state index contributed by atoms with van der Waals surface area (Å²) in [7, 11) is 0. The zero-order valence-corrected chi connectivity index (χ0v) is 16.4. The third-order valence-electron chi connectivity index (χ3n) is 4.88. The molecular weight excluding hydrogens is 364 g/mol. The maximum atomic E-state index is 12.5. The highest BCUT2D eigenvalue weighted by Crippen LogP contribution is 2.20. The topological polar surface area (TPSA) is 76.1 Å². The van der Waals surface area contributed by atoms with Gasteiger partial charge in [-0.1, -0.05) is 35.9 Å².